The molecule has 0 saturated heterocycles. The Labute approximate surface area is 84.9 Å². The third-order valence-electron chi connectivity index (χ3n) is 1.38. The first-order valence-corrected chi connectivity index (χ1v) is 5.50. The number of nitrogens with zero attached hydrogens (tertiary/aromatic N) is 1. The molecule has 72 valence electrons. The van der Waals surface area contributed by atoms with Crippen LogP contribution in [-0.4, -0.2) is 23.7 Å². The minimum Gasteiger partial charge on any atom is -0.375 e. The molecule has 0 aromatic carbocycles. The number of amides is 1. The Morgan fingerprint density at radius 2 is 2.46 bits per heavy atom. The number of carbonyl (C=O) groups is 1. The number of aryl methyl sites for hydroxylation is 1. The summed E-state index contributed by atoms with van der Waals surface area (Å²) < 4.78 is 1.01. The van der Waals surface area contributed by atoms with E-state index in [1.165, 1.54) is 23.1 Å². The number of rotatable bonds is 3. The van der Waals surface area contributed by atoms with Crippen LogP contribution >= 0.6 is 23.1 Å². The van der Waals surface area contributed by atoms with Crippen LogP contribution in [0.1, 0.15) is 5.69 Å². The van der Waals surface area contributed by atoms with Crippen molar-refractivity contribution in [3.8, 4) is 0 Å². The van der Waals surface area contributed by atoms with Crippen molar-refractivity contribution in [1.29, 1.82) is 0 Å². The molecule has 0 bridgehead atoms. The van der Waals surface area contributed by atoms with Gasteiger partial charge in [-0.05, 0) is 6.92 Å². The fourth-order valence-electron chi connectivity index (χ4n) is 0.740. The summed E-state index contributed by atoms with van der Waals surface area (Å²) in [4.78, 5) is 15.0. The highest BCUT2D eigenvalue weighted by Gasteiger charge is 2.07. The number of thioether (sulfide) groups is 1. The average molecular weight is 217 g/mol. The van der Waals surface area contributed by atoms with E-state index in [2.05, 4.69) is 10.3 Å². The van der Waals surface area contributed by atoms with Crippen molar-refractivity contribution < 1.29 is 4.79 Å². The standard InChI is InChI=1S/C7H11N3OS2/c1-4-6(13-7(8)10-4)12-3-5(11)9-2/h3H2,1-2H3,(H2,8,10)(H,9,11). The quantitative estimate of drug-likeness (QED) is 0.737. The largest absolute Gasteiger partial charge is 0.375 e. The Kier molecular flexibility index (Phi) is 3.56. The summed E-state index contributed by atoms with van der Waals surface area (Å²) >= 11 is 2.88. The van der Waals surface area contributed by atoms with E-state index >= 15 is 0 Å². The number of hydrogen-bond donors (Lipinski definition) is 2. The van der Waals surface area contributed by atoms with Crippen LogP contribution in [0.25, 0.3) is 0 Å². The molecule has 0 radical (unpaired) electrons. The van der Waals surface area contributed by atoms with Gasteiger partial charge in [-0.2, -0.15) is 0 Å². The molecule has 13 heavy (non-hydrogen) atoms. The second kappa shape index (κ2) is 4.48. The molecule has 0 saturated carbocycles. The Bertz CT molecular complexity index is 311. The van der Waals surface area contributed by atoms with Gasteiger partial charge >= 0.3 is 0 Å². The van der Waals surface area contributed by atoms with Crippen LogP contribution in [0.3, 0.4) is 0 Å². The number of carbonyl (C=O) groups excluding carboxylic acids is 1. The Morgan fingerprint density at radius 1 is 1.77 bits per heavy atom. The molecule has 0 aliphatic rings. The Morgan fingerprint density at radius 3 is 2.92 bits per heavy atom. The van der Waals surface area contributed by atoms with Gasteiger partial charge in [0.25, 0.3) is 0 Å². The molecule has 0 unspecified atom stereocenters. The van der Waals surface area contributed by atoms with Gasteiger partial charge in [0.2, 0.25) is 5.91 Å². The van der Waals surface area contributed by atoms with Gasteiger partial charge in [0.15, 0.2) is 5.13 Å². The van der Waals surface area contributed by atoms with Crippen LogP contribution in [0.2, 0.25) is 0 Å². The van der Waals surface area contributed by atoms with E-state index in [0.717, 1.165) is 9.90 Å². The number of nitrogen functional groups attached to an aromatic ring is 1. The normalized spacial score (nSPS) is 10.0. The number of nitrogens with one attached hydrogen (secondary N) is 1. The molecular weight excluding hydrogens is 206 g/mol. The van der Waals surface area contributed by atoms with Crippen LogP contribution in [0, 0.1) is 6.92 Å². The Balaban J connectivity index is 2.54. The smallest absolute Gasteiger partial charge is 0.230 e. The first kappa shape index (κ1) is 10.3. The predicted molar refractivity (Wildman–Crippen MR) is 56.1 cm³/mol. The van der Waals surface area contributed by atoms with Crippen molar-refractivity contribution in [3.63, 3.8) is 0 Å². The summed E-state index contributed by atoms with van der Waals surface area (Å²) in [5.41, 5.74) is 6.41. The van der Waals surface area contributed by atoms with Crippen LogP contribution < -0.4 is 11.1 Å². The highest BCUT2D eigenvalue weighted by molar-refractivity contribution is 8.01. The average Bonchev–Trinajstić information content (AvgIpc) is 2.41. The zero-order chi connectivity index (χ0) is 9.84. The molecule has 1 aromatic heterocycles. The highest BCUT2D eigenvalue weighted by atomic mass is 32.2. The van der Waals surface area contributed by atoms with E-state index in [0.29, 0.717) is 10.9 Å². The molecule has 3 N–H and O–H groups in total. The maximum atomic E-state index is 10.9. The first-order valence-electron chi connectivity index (χ1n) is 3.69. The summed E-state index contributed by atoms with van der Waals surface area (Å²) in [6.07, 6.45) is 0. The van der Waals surface area contributed by atoms with Gasteiger partial charge in [-0.3, -0.25) is 4.79 Å². The molecule has 0 atom stereocenters. The van der Waals surface area contributed by atoms with E-state index in [4.69, 9.17) is 5.73 Å². The van der Waals surface area contributed by atoms with Crippen LogP contribution in [0.5, 0.6) is 0 Å². The van der Waals surface area contributed by atoms with E-state index in [1.807, 2.05) is 6.92 Å². The molecule has 1 amide bonds. The number of anilines is 1. The molecule has 0 fully saturated rings. The van der Waals surface area contributed by atoms with E-state index in [9.17, 15) is 4.79 Å². The lowest BCUT2D eigenvalue weighted by Crippen LogP contribution is -2.19. The summed E-state index contributed by atoms with van der Waals surface area (Å²) in [6.45, 7) is 1.89. The molecule has 1 rings (SSSR count). The first-order chi connectivity index (χ1) is 6.13. The van der Waals surface area contributed by atoms with Gasteiger partial charge in [-0.25, -0.2) is 4.98 Å². The van der Waals surface area contributed by atoms with Gasteiger partial charge in [-0.15, -0.1) is 11.8 Å². The van der Waals surface area contributed by atoms with Crippen LogP contribution in [0.4, 0.5) is 5.13 Å². The molecule has 1 aromatic rings. The second-order valence-corrected chi connectivity index (χ2v) is 4.66. The monoisotopic (exact) mass is 217 g/mol. The molecule has 6 heteroatoms. The van der Waals surface area contributed by atoms with Crippen molar-refractivity contribution in [1.82, 2.24) is 10.3 Å². The van der Waals surface area contributed by atoms with Crippen molar-refractivity contribution in [3.05, 3.63) is 5.69 Å². The van der Waals surface area contributed by atoms with Crippen LogP contribution in [-0.2, 0) is 4.79 Å². The molecule has 0 aliphatic heterocycles. The fourth-order valence-corrected chi connectivity index (χ4v) is 2.64. The third kappa shape index (κ3) is 2.89. The lowest BCUT2D eigenvalue weighted by atomic mass is 10.6. The second-order valence-electron chi connectivity index (χ2n) is 2.39. The maximum Gasteiger partial charge on any atom is 0.230 e. The van der Waals surface area contributed by atoms with Gasteiger partial charge in [0.1, 0.15) is 0 Å². The fraction of sp³-hybridized carbons (Fsp3) is 0.429. The van der Waals surface area contributed by atoms with Crippen molar-refractivity contribution in [2.75, 3.05) is 18.5 Å². The summed E-state index contributed by atoms with van der Waals surface area (Å²) in [6, 6.07) is 0. The molecule has 4 nitrogen and oxygen atoms in total. The number of nitrogens with two attached hydrogens (primary N) is 1. The number of hydrogen-bond acceptors (Lipinski definition) is 5. The zero-order valence-electron chi connectivity index (χ0n) is 7.46. The lowest BCUT2D eigenvalue weighted by Gasteiger charge is -1.97. The molecular formula is C7H11N3OS2. The van der Waals surface area contributed by atoms with Crippen LogP contribution in [0.15, 0.2) is 4.21 Å². The Hall–Kier alpha value is -0.750. The lowest BCUT2D eigenvalue weighted by molar-refractivity contribution is -0.118. The van der Waals surface area contributed by atoms with E-state index in [1.54, 1.807) is 7.05 Å². The summed E-state index contributed by atoms with van der Waals surface area (Å²) in [5, 5.41) is 3.11. The van der Waals surface area contributed by atoms with Crippen molar-refractivity contribution >= 4 is 34.1 Å². The van der Waals surface area contributed by atoms with Crippen molar-refractivity contribution in [2.24, 2.45) is 0 Å². The van der Waals surface area contributed by atoms with Gasteiger partial charge in [0.05, 0.1) is 15.7 Å². The van der Waals surface area contributed by atoms with Gasteiger partial charge < -0.3 is 11.1 Å². The molecule has 0 spiro atoms. The minimum absolute atomic E-state index is 0.0105. The van der Waals surface area contributed by atoms with Crippen molar-refractivity contribution in [2.45, 2.75) is 11.1 Å². The molecule has 0 aliphatic carbocycles. The maximum absolute atomic E-state index is 10.9. The van der Waals surface area contributed by atoms with E-state index < -0.39 is 0 Å². The topological polar surface area (TPSA) is 68.0 Å². The van der Waals surface area contributed by atoms with E-state index in [-0.39, 0.29) is 5.91 Å². The number of aromatic nitrogens is 1. The van der Waals surface area contributed by atoms with Gasteiger partial charge in [-0.1, -0.05) is 11.3 Å². The predicted octanol–water partition coefficient (Wildman–Crippen LogP) is 0.872. The zero-order valence-corrected chi connectivity index (χ0v) is 9.09. The number of thiazole rings is 1. The molecule has 1 heterocycles. The highest BCUT2D eigenvalue weighted by Crippen LogP contribution is 2.29. The summed E-state index contributed by atoms with van der Waals surface area (Å²) in [7, 11) is 1.62. The summed E-state index contributed by atoms with van der Waals surface area (Å²) in [5.74, 6) is 0.426. The third-order valence-corrected chi connectivity index (χ3v) is 3.73. The SMILES string of the molecule is CNC(=O)CSc1sc(N)nc1C. The van der Waals surface area contributed by atoms with Gasteiger partial charge in [0, 0.05) is 7.05 Å². The minimum atomic E-state index is 0.0105.